The minimum Gasteiger partial charge on any atom is -0.495 e. The molecule has 162 valence electrons. The lowest BCUT2D eigenvalue weighted by atomic mass is 10.1. The van der Waals surface area contributed by atoms with Gasteiger partial charge in [-0.2, -0.15) is 0 Å². The van der Waals surface area contributed by atoms with Gasteiger partial charge in [0.05, 0.1) is 18.2 Å². The van der Waals surface area contributed by atoms with Crippen LogP contribution in [0.15, 0.2) is 75.9 Å². The number of benzene rings is 3. The van der Waals surface area contributed by atoms with Gasteiger partial charge in [0.25, 0.3) is 5.91 Å². The van der Waals surface area contributed by atoms with Gasteiger partial charge in [-0.1, -0.05) is 29.8 Å². The van der Waals surface area contributed by atoms with Crippen molar-refractivity contribution in [3.05, 3.63) is 87.5 Å². The Balaban J connectivity index is 1.69. The number of carbonyl (C=O) groups is 1. The van der Waals surface area contributed by atoms with E-state index in [2.05, 4.69) is 5.32 Å². The number of nitrogens with one attached hydrogen (secondary N) is 1. The molecule has 0 saturated carbocycles. The van der Waals surface area contributed by atoms with Gasteiger partial charge in [0.2, 0.25) is 11.2 Å². The number of anilines is 1. The molecule has 0 saturated heterocycles. The van der Waals surface area contributed by atoms with Crippen LogP contribution in [0.5, 0.6) is 11.5 Å². The maximum absolute atomic E-state index is 13.2. The zero-order valence-corrected chi connectivity index (χ0v) is 18.2. The van der Waals surface area contributed by atoms with Crippen LogP contribution in [0, 0.1) is 6.92 Å². The van der Waals surface area contributed by atoms with Crippen molar-refractivity contribution in [1.82, 2.24) is 0 Å². The minimum absolute atomic E-state index is 0.0427. The molecule has 0 aliphatic carbocycles. The summed E-state index contributed by atoms with van der Waals surface area (Å²) in [5, 5.41) is 3.64. The van der Waals surface area contributed by atoms with Gasteiger partial charge < -0.3 is 19.2 Å². The fraction of sp³-hybridized carbons (Fsp3) is 0.120. The zero-order valence-electron chi connectivity index (χ0n) is 17.5. The third kappa shape index (κ3) is 4.45. The summed E-state index contributed by atoms with van der Waals surface area (Å²) >= 11 is 6.00. The molecule has 0 atom stereocenters. The number of hydrogen-bond acceptors (Lipinski definition) is 5. The van der Waals surface area contributed by atoms with Crippen LogP contribution in [0.4, 0.5) is 5.69 Å². The zero-order chi connectivity index (χ0) is 22.7. The predicted octanol–water partition coefficient (Wildman–Crippen LogP) is 5.45. The van der Waals surface area contributed by atoms with Crippen molar-refractivity contribution in [3.8, 4) is 22.8 Å². The molecule has 0 unspecified atom stereocenters. The lowest BCUT2D eigenvalue weighted by Crippen LogP contribution is -2.23. The Labute approximate surface area is 189 Å². The van der Waals surface area contributed by atoms with Gasteiger partial charge in [-0.25, -0.2) is 0 Å². The number of rotatable bonds is 6. The summed E-state index contributed by atoms with van der Waals surface area (Å²) in [6, 6.07) is 19.1. The van der Waals surface area contributed by atoms with Crippen molar-refractivity contribution < 1.29 is 18.7 Å². The Kier molecular flexibility index (Phi) is 6.14. The summed E-state index contributed by atoms with van der Waals surface area (Å²) in [6.07, 6.45) is 0. The number of hydrogen-bond donors (Lipinski definition) is 1. The van der Waals surface area contributed by atoms with Crippen molar-refractivity contribution >= 4 is 34.2 Å². The molecule has 4 rings (SSSR count). The Hall–Kier alpha value is -3.77. The summed E-state index contributed by atoms with van der Waals surface area (Å²) in [5.74, 6) is 0.261. The molecule has 0 spiro atoms. The smallest absolute Gasteiger partial charge is 0.262 e. The highest BCUT2D eigenvalue weighted by molar-refractivity contribution is 6.30. The Morgan fingerprint density at radius 1 is 1.06 bits per heavy atom. The molecule has 0 radical (unpaired) electrons. The molecule has 0 aliphatic heterocycles. The van der Waals surface area contributed by atoms with E-state index in [0.717, 1.165) is 5.56 Å². The van der Waals surface area contributed by atoms with Gasteiger partial charge in [-0.15, -0.1) is 0 Å². The van der Waals surface area contributed by atoms with Crippen LogP contribution < -0.4 is 20.2 Å². The highest BCUT2D eigenvalue weighted by Crippen LogP contribution is 2.32. The van der Waals surface area contributed by atoms with Crippen LogP contribution in [0.2, 0.25) is 5.02 Å². The van der Waals surface area contributed by atoms with Crippen LogP contribution >= 0.6 is 11.6 Å². The number of methoxy groups -OCH3 is 1. The number of carbonyl (C=O) groups excluding carboxylic acids is 1. The fourth-order valence-corrected chi connectivity index (χ4v) is 3.40. The number of fused-ring (bicyclic) bond motifs is 1. The third-order valence-corrected chi connectivity index (χ3v) is 5.09. The molecule has 7 heteroatoms. The van der Waals surface area contributed by atoms with E-state index in [0.29, 0.717) is 33.0 Å². The molecule has 6 nitrogen and oxygen atoms in total. The van der Waals surface area contributed by atoms with Crippen LogP contribution in [-0.2, 0) is 4.79 Å². The van der Waals surface area contributed by atoms with Gasteiger partial charge in [0, 0.05) is 10.6 Å². The molecule has 32 heavy (non-hydrogen) atoms. The van der Waals surface area contributed by atoms with Crippen molar-refractivity contribution in [2.45, 2.75) is 6.92 Å². The molecule has 1 amide bonds. The fourth-order valence-electron chi connectivity index (χ4n) is 3.28. The standard InChI is InChI=1S/C25H20ClNO5/c1-15-7-12-18-21(13-15)32-24(16-8-10-17(26)11-9-16)25(23(18)29)31-14-22(28)27-19-5-3-4-6-20(19)30-2/h3-13H,14H2,1-2H3,(H,27,28). The van der Waals surface area contributed by atoms with Gasteiger partial charge in [-0.3, -0.25) is 9.59 Å². The normalized spacial score (nSPS) is 10.7. The van der Waals surface area contributed by atoms with E-state index in [1.54, 1.807) is 60.7 Å². The molecule has 1 N–H and O–H groups in total. The van der Waals surface area contributed by atoms with Crippen molar-refractivity contribution in [2.24, 2.45) is 0 Å². The predicted molar refractivity (Wildman–Crippen MR) is 125 cm³/mol. The van der Waals surface area contributed by atoms with E-state index in [9.17, 15) is 9.59 Å². The first kappa shape index (κ1) is 21.5. The van der Waals surface area contributed by atoms with E-state index in [4.69, 9.17) is 25.5 Å². The van der Waals surface area contributed by atoms with Gasteiger partial charge in [0.1, 0.15) is 11.3 Å². The molecule has 4 aromatic rings. The quantitative estimate of drug-likeness (QED) is 0.423. The van der Waals surface area contributed by atoms with E-state index in [1.165, 1.54) is 7.11 Å². The number of para-hydroxylation sites is 2. The van der Waals surface area contributed by atoms with Gasteiger partial charge >= 0.3 is 0 Å². The van der Waals surface area contributed by atoms with Crippen molar-refractivity contribution in [1.29, 1.82) is 0 Å². The molecular weight excluding hydrogens is 430 g/mol. The summed E-state index contributed by atoms with van der Waals surface area (Å²) in [5.41, 5.74) is 2.14. The number of amides is 1. The molecular formula is C25H20ClNO5. The second kappa shape index (κ2) is 9.16. The minimum atomic E-state index is -0.444. The van der Waals surface area contributed by atoms with Crippen molar-refractivity contribution in [2.75, 3.05) is 19.0 Å². The Bertz CT molecular complexity index is 1350. The second-order valence-corrected chi connectivity index (χ2v) is 7.57. The number of aryl methyl sites for hydroxylation is 1. The summed E-state index contributed by atoms with van der Waals surface area (Å²) < 4.78 is 17.0. The maximum Gasteiger partial charge on any atom is 0.262 e. The van der Waals surface area contributed by atoms with Crippen LogP contribution in [-0.4, -0.2) is 19.6 Å². The summed E-state index contributed by atoms with van der Waals surface area (Å²) in [6.45, 7) is 1.52. The average Bonchev–Trinajstić information content (AvgIpc) is 2.79. The van der Waals surface area contributed by atoms with E-state index in [1.807, 2.05) is 13.0 Å². The third-order valence-electron chi connectivity index (χ3n) is 4.84. The largest absolute Gasteiger partial charge is 0.495 e. The average molecular weight is 450 g/mol. The van der Waals surface area contributed by atoms with E-state index < -0.39 is 5.91 Å². The Morgan fingerprint density at radius 2 is 1.81 bits per heavy atom. The van der Waals surface area contributed by atoms with Crippen LogP contribution in [0.3, 0.4) is 0 Å². The maximum atomic E-state index is 13.2. The number of ether oxygens (including phenoxy) is 2. The molecule has 1 aromatic heterocycles. The van der Waals surface area contributed by atoms with E-state index >= 15 is 0 Å². The number of halogens is 1. The monoisotopic (exact) mass is 449 g/mol. The Morgan fingerprint density at radius 3 is 2.56 bits per heavy atom. The van der Waals surface area contributed by atoms with E-state index in [-0.39, 0.29) is 23.5 Å². The summed E-state index contributed by atoms with van der Waals surface area (Å²) in [7, 11) is 1.52. The highest BCUT2D eigenvalue weighted by Gasteiger charge is 2.19. The van der Waals surface area contributed by atoms with Crippen LogP contribution in [0.1, 0.15) is 5.56 Å². The lowest BCUT2D eigenvalue weighted by Gasteiger charge is -2.13. The first-order chi connectivity index (χ1) is 15.5. The molecule has 0 aliphatic rings. The first-order valence-corrected chi connectivity index (χ1v) is 10.2. The second-order valence-electron chi connectivity index (χ2n) is 7.13. The first-order valence-electron chi connectivity index (χ1n) is 9.85. The summed E-state index contributed by atoms with van der Waals surface area (Å²) in [4.78, 5) is 25.7. The van der Waals surface area contributed by atoms with Gasteiger partial charge in [0.15, 0.2) is 12.4 Å². The lowest BCUT2D eigenvalue weighted by molar-refractivity contribution is -0.118. The highest BCUT2D eigenvalue weighted by atomic mass is 35.5. The SMILES string of the molecule is COc1ccccc1NC(=O)COc1c(-c2ccc(Cl)cc2)oc2cc(C)ccc2c1=O. The van der Waals surface area contributed by atoms with Gasteiger partial charge in [-0.05, 0) is 61.0 Å². The molecule has 0 bridgehead atoms. The molecule has 1 heterocycles. The van der Waals surface area contributed by atoms with Crippen molar-refractivity contribution in [3.63, 3.8) is 0 Å². The molecule has 0 fully saturated rings. The molecule has 3 aromatic carbocycles. The topological polar surface area (TPSA) is 77.8 Å². The van der Waals surface area contributed by atoms with Crippen LogP contribution in [0.25, 0.3) is 22.3 Å².